The third-order valence-electron chi connectivity index (χ3n) is 1.83. The van der Waals surface area contributed by atoms with Crippen LogP contribution in [0.15, 0.2) is 23.1 Å². The summed E-state index contributed by atoms with van der Waals surface area (Å²) in [6.45, 7) is 1.85. The third kappa shape index (κ3) is 2.47. The fourth-order valence-electron chi connectivity index (χ4n) is 1.16. The van der Waals surface area contributed by atoms with Crippen LogP contribution in [0.4, 0.5) is 11.4 Å². The van der Waals surface area contributed by atoms with Crippen molar-refractivity contribution in [3.63, 3.8) is 0 Å². The van der Waals surface area contributed by atoms with Crippen molar-refractivity contribution < 1.29 is 13.3 Å². The van der Waals surface area contributed by atoms with E-state index in [1.165, 1.54) is 0 Å². The van der Waals surface area contributed by atoms with Gasteiger partial charge in [-0.3, -0.25) is 10.1 Å². The lowest BCUT2D eigenvalue weighted by molar-refractivity contribution is -0.384. The highest BCUT2D eigenvalue weighted by Crippen LogP contribution is 2.23. The van der Waals surface area contributed by atoms with Gasteiger partial charge in [-0.1, -0.05) is 6.92 Å². The maximum absolute atomic E-state index is 11.6. The molecule has 0 aromatic heterocycles. The van der Waals surface area contributed by atoms with Gasteiger partial charge in [-0.05, 0) is 6.07 Å². The Morgan fingerprint density at radius 2 is 2.12 bits per heavy atom. The summed E-state index contributed by atoms with van der Waals surface area (Å²) in [6.07, 6.45) is 0. The lowest BCUT2D eigenvalue weighted by atomic mass is 10.3. The molecule has 0 heterocycles. The normalized spacial score (nSPS) is 11.3. The number of nitro groups is 1. The Kier molecular flexibility index (Phi) is 3.45. The van der Waals surface area contributed by atoms with Crippen molar-refractivity contribution in [1.29, 1.82) is 0 Å². The minimum atomic E-state index is -3.68. The molecule has 0 amide bonds. The van der Waals surface area contributed by atoms with Gasteiger partial charge < -0.3 is 5.73 Å². The van der Waals surface area contributed by atoms with Crippen LogP contribution in [0.3, 0.4) is 0 Å². The van der Waals surface area contributed by atoms with Crippen molar-refractivity contribution >= 4 is 21.4 Å². The monoisotopic (exact) mass is 245 g/mol. The largest absolute Gasteiger partial charge is 0.397 e. The SMILES string of the molecule is CCNS(=O)(=O)c1ccc([N+](=O)[O-])cc1N. The molecule has 7 nitrogen and oxygen atoms in total. The van der Waals surface area contributed by atoms with Crippen LogP contribution in [-0.2, 0) is 10.0 Å². The second-order valence-corrected chi connectivity index (χ2v) is 4.72. The van der Waals surface area contributed by atoms with E-state index in [4.69, 9.17) is 5.73 Å². The number of rotatable bonds is 4. The first-order chi connectivity index (χ1) is 7.38. The van der Waals surface area contributed by atoms with Gasteiger partial charge in [0.25, 0.3) is 5.69 Å². The Morgan fingerprint density at radius 1 is 1.50 bits per heavy atom. The first-order valence-corrected chi connectivity index (χ1v) is 5.90. The third-order valence-corrected chi connectivity index (χ3v) is 3.45. The molecule has 88 valence electrons. The molecular weight excluding hydrogens is 234 g/mol. The molecule has 1 aromatic carbocycles. The number of nitro benzene ring substituents is 1. The van der Waals surface area contributed by atoms with E-state index in [2.05, 4.69) is 4.72 Å². The Bertz CT molecular complexity index is 512. The second kappa shape index (κ2) is 4.45. The highest BCUT2D eigenvalue weighted by molar-refractivity contribution is 7.89. The zero-order valence-electron chi connectivity index (χ0n) is 8.50. The first-order valence-electron chi connectivity index (χ1n) is 4.42. The highest BCUT2D eigenvalue weighted by atomic mass is 32.2. The Hall–Kier alpha value is -1.67. The van der Waals surface area contributed by atoms with E-state index in [1.807, 2.05) is 0 Å². The molecule has 0 saturated heterocycles. The molecule has 3 N–H and O–H groups in total. The summed E-state index contributed by atoms with van der Waals surface area (Å²) in [5.41, 5.74) is 5.07. The number of hydrogen-bond donors (Lipinski definition) is 2. The van der Waals surface area contributed by atoms with Crippen molar-refractivity contribution in [3.05, 3.63) is 28.3 Å². The molecule has 0 aliphatic rings. The fraction of sp³-hybridized carbons (Fsp3) is 0.250. The Labute approximate surface area is 92.5 Å². The maximum atomic E-state index is 11.6. The molecule has 0 aliphatic carbocycles. The fourth-order valence-corrected chi connectivity index (χ4v) is 2.31. The van der Waals surface area contributed by atoms with Crippen LogP contribution in [0, 0.1) is 10.1 Å². The van der Waals surface area contributed by atoms with Gasteiger partial charge in [-0.25, -0.2) is 13.1 Å². The van der Waals surface area contributed by atoms with Crippen molar-refractivity contribution in [2.75, 3.05) is 12.3 Å². The van der Waals surface area contributed by atoms with Crippen LogP contribution in [0.1, 0.15) is 6.92 Å². The number of nitrogens with zero attached hydrogens (tertiary/aromatic N) is 1. The van der Waals surface area contributed by atoms with E-state index in [1.54, 1.807) is 6.92 Å². The van der Waals surface area contributed by atoms with Gasteiger partial charge in [-0.15, -0.1) is 0 Å². The summed E-state index contributed by atoms with van der Waals surface area (Å²) in [5.74, 6) is 0. The summed E-state index contributed by atoms with van der Waals surface area (Å²) in [7, 11) is -3.68. The van der Waals surface area contributed by atoms with E-state index in [0.717, 1.165) is 18.2 Å². The van der Waals surface area contributed by atoms with Gasteiger partial charge >= 0.3 is 0 Å². The summed E-state index contributed by atoms with van der Waals surface area (Å²) in [5, 5.41) is 10.4. The zero-order chi connectivity index (χ0) is 12.3. The minimum Gasteiger partial charge on any atom is -0.397 e. The molecule has 8 heteroatoms. The van der Waals surface area contributed by atoms with E-state index in [9.17, 15) is 18.5 Å². The Morgan fingerprint density at radius 3 is 2.56 bits per heavy atom. The number of nitrogens with one attached hydrogen (secondary N) is 1. The number of non-ortho nitro benzene ring substituents is 1. The molecule has 0 radical (unpaired) electrons. The van der Waals surface area contributed by atoms with E-state index >= 15 is 0 Å². The molecule has 0 saturated carbocycles. The summed E-state index contributed by atoms with van der Waals surface area (Å²) < 4.78 is 25.4. The maximum Gasteiger partial charge on any atom is 0.271 e. The van der Waals surface area contributed by atoms with E-state index in [0.29, 0.717) is 0 Å². The molecule has 0 aliphatic heterocycles. The molecule has 0 spiro atoms. The van der Waals surface area contributed by atoms with Gasteiger partial charge in [0.15, 0.2) is 0 Å². The van der Waals surface area contributed by atoms with E-state index in [-0.39, 0.29) is 22.8 Å². The topological polar surface area (TPSA) is 115 Å². The predicted molar refractivity (Wildman–Crippen MR) is 58.4 cm³/mol. The van der Waals surface area contributed by atoms with E-state index < -0.39 is 14.9 Å². The van der Waals surface area contributed by atoms with Crippen molar-refractivity contribution in [2.24, 2.45) is 0 Å². The van der Waals surface area contributed by atoms with Gasteiger partial charge in [0.05, 0.1) is 10.6 Å². The number of hydrogen-bond acceptors (Lipinski definition) is 5. The molecule has 1 aromatic rings. The second-order valence-electron chi connectivity index (χ2n) is 2.98. The highest BCUT2D eigenvalue weighted by Gasteiger charge is 2.18. The minimum absolute atomic E-state index is 0.143. The number of anilines is 1. The molecule has 0 unspecified atom stereocenters. The quantitative estimate of drug-likeness (QED) is 0.454. The lowest BCUT2D eigenvalue weighted by Gasteiger charge is -2.06. The standard InChI is InChI=1S/C8H11N3O4S/c1-2-10-16(14,15)8-4-3-6(11(12)13)5-7(8)9/h3-5,10H,2,9H2,1H3. The van der Waals surface area contributed by atoms with Crippen molar-refractivity contribution in [2.45, 2.75) is 11.8 Å². The van der Waals surface area contributed by atoms with Crippen LogP contribution in [0.25, 0.3) is 0 Å². The van der Waals surface area contributed by atoms with Crippen molar-refractivity contribution in [1.82, 2.24) is 4.72 Å². The average Bonchev–Trinajstić information content (AvgIpc) is 2.16. The van der Waals surface area contributed by atoms with Gasteiger partial charge in [-0.2, -0.15) is 0 Å². The molecule has 1 rings (SSSR count). The summed E-state index contributed by atoms with van der Waals surface area (Å²) >= 11 is 0. The molecule has 0 fully saturated rings. The van der Waals surface area contributed by atoms with Crippen LogP contribution in [0.5, 0.6) is 0 Å². The molecule has 0 bridgehead atoms. The smallest absolute Gasteiger partial charge is 0.271 e. The van der Waals surface area contributed by atoms with Gasteiger partial charge in [0.2, 0.25) is 10.0 Å². The average molecular weight is 245 g/mol. The first kappa shape index (κ1) is 12.4. The lowest BCUT2D eigenvalue weighted by Crippen LogP contribution is -2.24. The number of nitrogen functional groups attached to an aromatic ring is 1. The van der Waals surface area contributed by atoms with Crippen LogP contribution >= 0.6 is 0 Å². The molecule has 0 atom stereocenters. The Balaban J connectivity index is 3.23. The zero-order valence-corrected chi connectivity index (χ0v) is 9.32. The van der Waals surface area contributed by atoms with Crippen LogP contribution in [-0.4, -0.2) is 19.9 Å². The van der Waals surface area contributed by atoms with Crippen LogP contribution < -0.4 is 10.5 Å². The van der Waals surface area contributed by atoms with Crippen molar-refractivity contribution in [3.8, 4) is 0 Å². The van der Waals surface area contributed by atoms with Gasteiger partial charge in [0, 0.05) is 18.7 Å². The summed E-state index contributed by atoms with van der Waals surface area (Å²) in [6, 6.07) is 3.23. The number of benzene rings is 1. The predicted octanol–water partition coefficient (Wildman–Crippen LogP) is 0.475. The molecule has 16 heavy (non-hydrogen) atoms. The number of nitrogens with two attached hydrogens (primary N) is 1. The number of sulfonamides is 1. The van der Waals surface area contributed by atoms with Crippen LogP contribution in [0.2, 0.25) is 0 Å². The molecular formula is C8H11N3O4S. The summed E-state index contributed by atoms with van der Waals surface area (Å²) in [4.78, 5) is 9.63. The van der Waals surface area contributed by atoms with Gasteiger partial charge in [0.1, 0.15) is 4.90 Å².